The van der Waals surface area contributed by atoms with Crippen molar-refractivity contribution in [2.45, 2.75) is 20.0 Å². The molecule has 0 bridgehead atoms. The molecule has 94 valence electrons. The highest BCUT2D eigenvalue weighted by Gasteiger charge is 2.04. The zero-order chi connectivity index (χ0) is 13.0. The number of hydrogen-bond acceptors (Lipinski definition) is 4. The van der Waals surface area contributed by atoms with Crippen molar-refractivity contribution >= 4 is 11.6 Å². The van der Waals surface area contributed by atoms with E-state index in [-0.39, 0.29) is 6.61 Å². The van der Waals surface area contributed by atoms with E-state index in [1.165, 1.54) is 0 Å². The van der Waals surface area contributed by atoms with Gasteiger partial charge < -0.3 is 9.84 Å². The Morgan fingerprint density at radius 1 is 1.22 bits per heavy atom. The van der Waals surface area contributed by atoms with Gasteiger partial charge in [-0.15, -0.1) is 0 Å². The highest BCUT2D eigenvalue weighted by molar-refractivity contribution is 6.29. The highest BCUT2D eigenvalue weighted by Crippen LogP contribution is 2.22. The van der Waals surface area contributed by atoms with Crippen LogP contribution in [0.5, 0.6) is 11.6 Å². The van der Waals surface area contributed by atoms with E-state index in [9.17, 15) is 0 Å². The Labute approximate surface area is 110 Å². The lowest BCUT2D eigenvalue weighted by Crippen LogP contribution is -1.96. The van der Waals surface area contributed by atoms with Crippen LogP contribution in [0.25, 0.3) is 0 Å². The molecule has 0 atom stereocenters. The van der Waals surface area contributed by atoms with Crippen molar-refractivity contribution in [3.05, 3.63) is 46.9 Å². The first-order chi connectivity index (χ1) is 8.71. The SMILES string of the molecule is CCc1nc(Cl)cc(Oc2ccc(CO)cc2)n1. The fraction of sp³-hybridized carbons (Fsp3) is 0.231. The van der Waals surface area contributed by atoms with Gasteiger partial charge in [0, 0.05) is 12.5 Å². The summed E-state index contributed by atoms with van der Waals surface area (Å²) in [5.41, 5.74) is 0.831. The number of hydrogen-bond donors (Lipinski definition) is 1. The maximum atomic E-state index is 8.94. The zero-order valence-electron chi connectivity index (χ0n) is 9.93. The van der Waals surface area contributed by atoms with Crippen LogP contribution in [0.1, 0.15) is 18.3 Å². The second-order valence-electron chi connectivity index (χ2n) is 3.70. The predicted molar refractivity (Wildman–Crippen MR) is 68.9 cm³/mol. The fourth-order valence-electron chi connectivity index (χ4n) is 1.44. The normalized spacial score (nSPS) is 10.4. The molecule has 0 aliphatic carbocycles. The molecule has 0 saturated heterocycles. The maximum absolute atomic E-state index is 8.94. The van der Waals surface area contributed by atoms with Gasteiger partial charge >= 0.3 is 0 Å². The Kier molecular flexibility index (Phi) is 4.12. The summed E-state index contributed by atoms with van der Waals surface area (Å²) in [5.74, 6) is 1.71. The van der Waals surface area contributed by atoms with Crippen molar-refractivity contribution in [3.63, 3.8) is 0 Å². The minimum atomic E-state index is 0.0135. The third-order valence-corrected chi connectivity index (χ3v) is 2.56. The van der Waals surface area contributed by atoms with Crippen LogP contribution in [-0.4, -0.2) is 15.1 Å². The maximum Gasteiger partial charge on any atom is 0.224 e. The van der Waals surface area contributed by atoms with E-state index in [1.807, 2.05) is 6.92 Å². The van der Waals surface area contributed by atoms with E-state index in [4.69, 9.17) is 21.4 Å². The van der Waals surface area contributed by atoms with E-state index in [0.29, 0.717) is 29.0 Å². The highest BCUT2D eigenvalue weighted by atomic mass is 35.5. The van der Waals surface area contributed by atoms with Crippen molar-refractivity contribution < 1.29 is 9.84 Å². The number of ether oxygens (including phenoxy) is 1. The largest absolute Gasteiger partial charge is 0.439 e. The number of aromatic nitrogens is 2. The van der Waals surface area contributed by atoms with Gasteiger partial charge in [-0.05, 0) is 17.7 Å². The molecule has 0 unspecified atom stereocenters. The molecular weight excluding hydrogens is 252 g/mol. The van der Waals surface area contributed by atoms with Crippen molar-refractivity contribution in [1.29, 1.82) is 0 Å². The summed E-state index contributed by atoms with van der Waals surface area (Å²) < 4.78 is 5.58. The third-order valence-electron chi connectivity index (χ3n) is 2.36. The topological polar surface area (TPSA) is 55.2 Å². The second kappa shape index (κ2) is 5.80. The zero-order valence-corrected chi connectivity index (χ0v) is 10.7. The Morgan fingerprint density at radius 2 is 1.94 bits per heavy atom. The standard InChI is InChI=1S/C13H13ClN2O2/c1-2-12-15-11(14)7-13(16-12)18-10-5-3-9(8-17)4-6-10/h3-7,17H,2,8H2,1H3. The number of aliphatic hydroxyl groups is 1. The molecule has 0 aliphatic heterocycles. The van der Waals surface area contributed by atoms with Gasteiger partial charge in [0.15, 0.2) is 0 Å². The van der Waals surface area contributed by atoms with Crippen LogP contribution in [0.4, 0.5) is 0 Å². The van der Waals surface area contributed by atoms with Crippen LogP contribution >= 0.6 is 11.6 Å². The average molecular weight is 265 g/mol. The molecule has 5 heteroatoms. The van der Waals surface area contributed by atoms with Crippen LogP contribution in [0, 0.1) is 0 Å². The minimum absolute atomic E-state index is 0.0135. The molecule has 0 radical (unpaired) electrons. The van der Waals surface area contributed by atoms with Gasteiger partial charge in [-0.25, -0.2) is 4.98 Å². The second-order valence-corrected chi connectivity index (χ2v) is 4.09. The van der Waals surface area contributed by atoms with Gasteiger partial charge in [0.25, 0.3) is 0 Å². The lowest BCUT2D eigenvalue weighted by Gasteiger charge is -2.06. The van der Waals surface area contributed by atoms with Gasteiger partial charge in [-0.2, -0.15) is 4.98 Å². The number of aliphatic hydroxyl groups excluding tert-OH is 1. The van der Waals surface area contributed by atoms with Gasteiger partial charge in [0.05, 0.1) is 6.61 Å². The minimum Gasteiger partial charge on any atom is -0.439 e. The van der Waals surface area contributed by atoms with Gasteiger partial charge in [0.1, 0.15) is 16.7 Å². The summed E-state index contributed by atoms with van der Waals surface area (Å²) in [7, 11) is 0. The van der Waals surface area contributed by atoms with E-state index < -0.39 is 0 Å². The van der Waals surface area contributed by atoms with Crippen LogP contribution in [0.15, 0.2) is 30.3 Å². The summed E-state index contributed by atoms with van der Waals surface area (Å²) >= 11 is 5.88. The van der Waals surface area contributed by atoms with Crippen molar-refractivity contribution in [2.75, 3.05) is 0 Å². The molecule has 2 rings (SSSR count). The van der Waals surface area contributed by atoms with Crippen LogP contribution in [-0.2, 0) is 13.0 Å². The number of nitrogens with zero attached hydrogens (tertiary/aromatic N) is 2. The summed E-state index contributed by atoms with van der Waals surface area (Å²) in [4.78, 5) is 8.29. The molecular formula is C13H13ClN2O2. The Morgan fingerprint density at radius 3 is 2.56 bits per heavy atom. The quantitative estimate of drug-likeness (QED) is 0.863. The van der Waals surface area contributed by atoms with Crippen LogP contribution in [0.2, 0.25) is 5.15 Å². The smallest absolute Gasteiger partial charge is 0.224 e. The molecule has 0 spiro atoms. The summed E-state index contributed by atoms with van der Waals surface area (Å²) in [6.45, 7) is 1.96. The number of halogens is 1. The first kappa shape index (κ1) is 12.8. The van der Waals surface area contributed by atoms with Crippen molar-refractivity contribution in [3.8, 4) is 11.6 Å². The van der Waals surface area contributed by atoms with Crippen molar-refractivity contribution in [2.24, 2.45) is 0 Å². The lowest BCUT2D eigenvalue weighted by molar-refractivity contribution is 0.281. The van der Waals surface area contributed by atoms with E-state index >= 15 is 0 Å². The molecule has 1 aromatic carbocycles. The first-order valence-corrected chi connectivity index (χ1v) is 6.00. The Balaban J connectivity index is 2.19. The van der Waals surface area contributed by atoms with Crippen LogP contribution < -0.4 is 4.74 Å². The predicted octanol–water partition coefficient (Wildman–Crippen LogP) is 2.98. The Hall–Kier alpha value is -1.65. The number of aryl methyl sites for hydroxylation is 1. The number of rotatable bonds is 4. The molecule has 0 amide bonds. The van der Waals surface area contributed by atoms with E-state index in [0.717, 1.165) is 5.56 Å². The summed E-state index contributed by atoms with van der Waals surface area (Å²) in [6.07, 6.45) is 0.695. The Bertz CT molecular complexity index is 529. The third kappa shape index (κ3) is 3.18. The van der Waals surface area contributed by atoms with Gasteiger partial charge in [-0.3, -0.25) is 0 Å². The molecule has 0 saturated carbocycles. The average Bonchev–Trinajstić information content (AvgIpc) is 2.39. The molecule has 1 N–H and O–H groups in total. The summed E-state index contributed by atoms with van der Waals surface area (Å²) in [6, 6.07) is 8.69. The molecule has 4 nitrogen and oxygen atoms in total. The summed E-state index contributed by atoms with van der Waals surface area (Å²) in [5, 5.41) is 9.31. The first-order valence-electron chi connectivity index (χ1n) is 5.62. The molecule has 0 fully saturated rings. The van der Waals surface area contributed by atoms with E-state index in [2.05, 4.69) is 9.97 Å². The fourth-order valence-corrected chi connectivity index (χ4v) is 1.63. The molecule has 1 aromatic heterocycles. The number of benzene rings is 1. The van der Waals surface area contributed by atoms with Gasteiger partial charge in [-0.1, -0.05) is 30.7 Å². The van der Waals surface area contributed by atoms with E-state index in [1.54, 1.807) is 30.3 Å². The van der Waals surface area contributed by atoms with Crippen LogP contribution in [0.3, 0.4) is 0 Å². The van der Waals surface area contributed by atoms with Crippen molar-refractivity contribution in [1.82, 2.24) is 9.97 Å². The molecule has 0 aliphatic rings. The molecule has 1 heterocycles. The lowest BCUT2D eigenvalue weighted by atomic mass is 10.2. The van der Waals surface area contributed by atoms with Gasteiger partial charge in [0.2, 0.25) is 5.88 Å². The monoisotopic (exact) mass is 264 g/mol. The molecule has 2 aromatic rings. The molecule has 18 heavy (non-hydrogen) atoms.